The van der Waals surface area contributed by atoms with Crippen molar-refractivity contribution in [2.24, 2.45) is 0 Å². The van der Waals surface area contributed by atoms with Crippen LogP contribution < -0.4 is 5.32 Å². The van der Waals surface area contributed by atoms with Crippen LogP contribution in [-0.4, -0.2) is 75.5 Å². The quantitative estimate of drug-likeness (QED) is 0.482. The number of halogens is 1. The smallest absolute Gasteiger partial charge is 0.321 e. The summed E-state index contributed by atoms with van der Waals surface area (Å²) >= 11 is 0. The highest BCUT2D eigenvalue weighted by Gasteiger charge is 2.63. The molecular weight excluding hydrogens is 275 g/mol. The lowest BCUT2D eigenvalue weighted by Gasteiger charge is -2.38. The van der Waals surface area contributed by atoms with Gasteiger partial charge in [0.15, 0.2) is 12.0 Å². The van der Waals surface area contributed by atoms with Gasteiger partial charge < -0.3 is 25.4 Å². The monoisotopic (exact) mass is 292 g/mol. The zero-order chi connectivity index (χ0) is 15.1. The molecule has 5 atom stereocenters. The number of hydrogen-bond acceptors (Lipinski definition) is 6. The van der Waals surface area contributed by atoms with Crippen LogP contribution in [0.1, 0.15) is 13.3 Å². The third-order valence-corrected chi connectivity index (χ3v) is 3.64. The van der Waals surface area contributed by atoms with Crippen molar-refractivity contribution in [3.05, 3.63) is 0 Å². The molecule has 0 aliphatic carbocycles. The predicted octanol–water partition coefficient (Wildman–Crippen LogP) is -1.90. The molecule has 0 aromatic rings. The van der Waals surface area contributed by atoms with E-state index in [4.69, 9.17) is 9.84 Å². The number of ketones is 1. The first-order valence-corrected chi connectivity index (χ1v) is 6.22. The van der Waals surface area contributed by atoms with Gasteiger partial charge in [0.1, 0.15) is 18.4 Å². The van der Waals surface area contributed by atoms with Crippen LogP contribution in [0.4, 0.5) is 9.18 Å². The Morgan fingerprint density at radius 1 is 1.60 bits per heavy atom. The summed E-state index contributed by atoms with van der Waals surface area (Å²) in [5, 5.41) is 30.3. The van der Waals surface area contributed by atoms with Gasteiger partial charge in [-0.2, -0.15) is 0 Å². The second-order valence-electron chi connectivity index (χ2n) is 4.93. The zero-order valence-corrected chi connectivity index (χ0v) is 10.8. The average Bonchev–Trinajstić information content (AvgIpc) is 2.64. The number of alkyl halides is 1. The lowest BCUT2D eigenvalue weighted by Crippen LogP contribution is -2.63. The molecule has 0 spiro atoms. The molecule has 1 unspecified atom stereocenters. The molecule has 2 fully saturated rings. The molecule has 9 heteroatoms. The maximum absolute atomic E-state index is 14.9. The Balaban J connectivity index is 2.29. The van der Waals surface area contributed by atoms with Crippen LogP contribution in [0, 0.1) is 0 Å². The van der Waals surface area contributed by atoms with Crippen molar-refractivity contribution in [1.29, 1.82) is 0 Å². The molecular formula is C11H17FN2O6. The van der Waals surface area contributed by atoms with Gasteiger partial charge in [-0.1, -0.05) is 0 Å². The fourth-order valence-electron chi connectivity index (χ4n) is 2.47. The first kappa shape index (κ1) is 15.1. The van der Waals surface area contributed by atoms with Crippen molar-refractivity contribution >= 4 is 11.8 Å². The van der Waals surface area contributed by atoms with E-state index in [0.29, 0.717) is 0 Å². The van der Waals surface area contributed by atoms with E-state index < -0.39 is 48.8 Å². The molecule has 0 saturated carbocycles. The summed E-state index contributed by atoms with van der Waals surface area (Å²) in [5.41, 5.74) is -2.81. The highest BCUT2D eigenvalue weighted by atomic mass is 19.1. The zero-order valence-electron chi connectivity index (χ0n) is 10.8. The van der Waals surface area contributed by atoms with Crippen LogP contribution >= 0.6 is 0 Å². The molecule has 20 heavy (non-hydrogen) atoms. The standard InChI is InChI=1S/C11H17FN2O6/c1-5(16)11(12)8(18)6(4-15)20-9(11)14-3-2-7(17)13-10(14)19/h6-9,15,17-18H,2-4H2,1H3,(H,13,19)/t6-,7?,8-,9-,11+/m1/s1. The van der Waals surface area contributed by atoms with Gasteiger partial charge in [0.2, 0.25) is 5.67 Å². The highest BCUT2D eigenvalue weighted by molar-refractivity contribution is 5.88. The maximum atomic E-state index is 14.9. The largest absolute Gasteiger partial charge is 0.394 e. The molecule has 2 aliphatic rings. The number of carbonyl (C=O) groups excluding carboxylic acids is 2. The molecule has 114 valence electrons. The summed E-state index contributed by atoms with van der Waals surface area (Å²) in [4.78, 5) is 24.2. The van der Waals surface area contributed by atoms with Gasteiger partial charge in [-0.3, -0.25) is 9.69 Å². The lowest BCUT2D eigenvalue weighted by atomic mass is 9.91. The number of Topliss-reactive ketones (excluding diaryl/α,β-unsaturated/α-hetero) is 1. The van der Waals surface area contributed by atoms with Crippen LogP contribution in [0.3, 0.4) is 0 Å². The fourth-order valence-corrected chi connectivity index (χ4v) is 2.47. The third-order valence-electron chi connectivity index (χ3n) is 3.64. The third kappa shape index (κ3) is 2.16. The number of ether oxygens (including phenoxy) is 1. The van der Waals surface area contributed by atoms with Crippen LogP contribution in [0.5, 0.6) is 0 Å². The molecule has 2 heterocycles. The number of hydrogen-bond donors (Lipinski definition) is 4. The molecule has 2 rings (SSSR count). The fraction of sp³-hybridized carbons (Fsp3) is 0.818. The average molecular weight is 292 g/mol. The highest BCUT2D eigenvalue weighted by Crippen LogP contribution is 2.38. The van der Waals surface area contributed by atoms with Crippen molar-refractivity contribution in [1.82, 2.24) is 10.2 Å². The van der Waals surface area contributed by atoms with Gasteiger partial charge in [-0.05, 0) is 6.92 Å². The predicted molar refractivity (Wildman–Crippen MR) is 62.1 cm³/mol. The second-order valence-corrected chi connectivity index (χ2v) is 4.93. The van der Waals surface area contributed by atoms with E-state index in [-0.39, 0.29) is 13.0 Å². The van der Waals surface area contributed by atoms with Gasteiger partial charge in [-0.25, -0.2) is 9.18 Å². The van der Waals surface area contributed by atoms with E-state index in [0.717, 1.165) is 11.8 Å². The van der Waals surface area contributed by atoms with Crippen molar-refractivity contribution in [2.45, 2.75) is 43.7 Å². The Hall–Kier alpha value is -1.29. The minimum absolute atomic E-state index is 0.0402. The summed E-state index contributed by atoms with van der Waals surface area (Å²) in [6.07, 6.45) is -5.73. The van der Waals surface area contributed by atoms with Crippen molar-refractivity contribution in [2.75, 3.05) is 13.2 Å². The Kier molecular flexibility index (Phi) is 3.96. The van der Waals surface area contributed by atoms with Gasteiger partial charge in [0.25, 0.3) is 0 Å². The van der Waals surface area contributed by atoms with Crippen molar-refractivity contribution in [3.63, 3.8) is 0 Å². The molecule has 0 aromatic heterocycles. The van der Waals surface area contributed by atoms with Crippen LogP contribution in [0.15, 0.2) is 0 Å². The number of rotatable bonds is 3. The Labute approximate surface area is 114 Å². The van der Waals surface area contributed by atoms with Crippen LogP contribution in [0.25, 0.3) is 0 Å². The molecule has 0 aromatic carbocycles. The molecule has 4 N–H and O–H groups in total. The number of nitrogens with zero attached hydrogens (tertiary/aromatic N) is 1. The number of urea groups is 1. The Morgan fingerprint density at radius 3 is 2.75 bits per heavy atom. The minimum Gasteiger partial charge on any atom is -0.394 e. The number of nitrogens with one attached hydrogen (secondary N) is 1. The summed E-state index contributed by atoms with van der Waals surface area (Å²) in [7, 11) is 0. The van der Waals surface area contributed by atoms with Gasteiger partial charge >= 0.3 is 6.03 Å². The lowest BCUT2D eigenvalue weighted by molar-refractivity contribution is -0.146. The molecule has 8 nitrogen and oxygen atoms in total. The van der Waals surface area contributed by atoms with E-state index in [1.807, 2.05) is 0 Å². The van der Waals surface area contributed by atoms with Gasteiger partial charge in [-0.15, -0.1) is 0 Å². The second kappa shape index (κ2) is 5.24. The summed E-state index contributed by atoms with van der Waals surface area (Å²) < 4.78 is 20.0. The Bertz CT molecular complexity index is 422. The first-order chi connectivity index (χ1) is 9.32. The summed E-state index contributed by atoms with van der Waals surface area (Å²) in [6.45, 7) is 0.215. The number of carbonyl (C=O) groups is 2. The summed E-state index contributed by atoms with van der Waals surface area (Å²) in [6, 6.07) is -0.803. The minimum atomic E-state index is -2.81. The topological polar surface area (TPSA) is 119 Å². The number of aliphatic hydroxyl groups excluding tert-OH is 3. The first-order valence-electron chi connectivity index (χ1n) is 6.22. The molecule has 0 radical (unpaired) electrons. The van der Waals surface area contributed by atoms with E-state index in [9.17, 15) is 24.2 Å². The molecule has 2 aliphatic heterocycles. The number of aliphatic hydroxyl groups is 3. The maximum Gasteiger partial charge on any atom is 0.321 e. The normalized spacial score (nSPS) is 41.6. The SMILES string of the molecule is CC(=O)[C@]1(F)[C@H](O)[C@@H](CO)O[C@H]1N1CCC(O)NC1=O. The van der Waals surface area contributed by atoms with Crippen LogP contribution in [0.2, 0.25) is 0 Å². The molecule has 2 amide bonds. The summed E-state index contributed by atoms with van der Waals surface area (Å²) in [5.74, 6) is -0.995. The van der Waals surface area contributed by atoms with Crippen molar-refractivity contribution < 1.29 is 34.0 Å². The van der Waals surface area contributed by atoms with E-state index >= 15 is 0 Å². The van der Waals surface area contributed by atoms with E-state index in [2.05, 4.69) is 5.32 Å². The van der Waals surface area contributed by atoms with E-state index in [1.165, 1.54) is 0 Å². The van der Waals surface area contributed by atoms with Crippen molar-refractivity contribution in [3.8, 4) is 0 Å². The van der Waals surface area contributed by atoms with Crippen LogP contribution in [-0.2, 0) is 9.53 Å². The Morgan fingerprint density at radius 2 is 2.25 bits per heavy atom. The van der Waals surface area contributed by atoms with E-state index in [1.54, 1.807) is 0 Å². The van der Waals surface area contributed by atoms with Gasteiger partial charge in [0, 0.05) is 13.0 Å². The molecule has 0 bridgehead atoms. The number of amides is 2. The molecule has 2 saturated heterocycles. The van der Waals surface area contributed by atoms with Gasteiger partial charge in [0.05, 0.1) is 6.61 Å².